The van der Waals surface area contributed by atoms with Gasteiger partial charge in [-0.2, -0.15) is 13.2 Å². The van der Waals surface area contributed by atoms with E-state index in [0.717, 1.165) is 59.8 Å². The lowest BCUT2D eigenvalue weighted by atomic mass is 9.97. The number of piperidine rings is 1. The Hall–Kier alpha value is -3.57. The number of primary amides is 1. The monoisotopic (exact) mass is 527 g/mol. The van der Waals surface area contributed by atoms with E-state index in [1.165, 1.54) is 6.07 Å². The molecule has 1 aromatic heterocycles. The van der Waals surface area contributed by atoms with Gasteiger partial charge in [-0.15, -0.1) is 0 Å². The number of nitrogens with two attached hydrogens (primary N) is 1. The zero-order valence-corrected chi connectivity index (χ0v) is 20.5. The average molecular weight is 528 g/mol. The van der Waals surface area contributed by atoms with Crippen molar-refractivity contribution in [1.29, 1.82) is 0 Å². The number of pyridine rings is 1. The van der Waals surface area contributed by atoms with Gasteiger partial charge < -0.3 is 16.4 Å². The van der Waals surface area contributed by atoms with Gasteiger partial charge in [0.1, 0.15) is 5.82 Å². The summed E-state index contributed by atoms with van der Waals surface area (Å²) in [7, 11) is 0. The van der Waals surface area contributed by atoms with Crippen LogP contribution in [0.2, 0.25) is 0 Å². The van der Waals surface area contributed by atoms with Crippen LogP contribution in [0.4, 0.5) is 24.7 Å². The molecule has 2 aliphatic heterocycles. The Morgan fingerprint density at radius 3 is 2.43 bits per heavy atom. The van der Waals surface area contributed by atoms with Crippen molar-refractivity contribution >= 4 is 35.3 Å². The van der Waals surface area contributed by atoms with Crippen molar-refractivity contribution in [2.24, 2.45) is 5.73 Å². The molecule has 0 saturated carbocycles. The van der Waals surface area contributed by atoms with Crippen LogP contribution >= 0.6 is 11.9 Å². The third-order valence-corrected chi connectivity index (χ3v) is 7.53. The Labute approximate surface area is 215 Å². The van der Waals surface area contributed by atoms with E-state index in [2.05, 4.69) is 19.9 Å². The maximum absolute atomic E-state index is 12.7. The summed E-state index contributed by atoms with van der Waals surface area (Å²) < 4.78 is 40.4. The summed E-state index contributed by atoms with van der Waals surface area (Å²) in [6.07, 6.45) is -1.64. The van der Waals surface area contributed by atoms with Crippen molar-refractivity contribution in [3.05, 3.63) is 71.4 Å². The third-order valence-electron chi connectivity index (χ3n) is 6.42. The summed E-state index contributed by atoms with van der Waals surface area (Å²) >= 11 is 1.65. The highest BCUT2D eigenvalue weighted by Crippen LogP contribution is 2.35. The van der Waals surface area contributed by atoms with Gasteiger partial charge in [-0.05, 0) is 77.9 Å². The second-order valence-electron chi connectivity index (χ2n) is 9.04. The van der Waals surface area contributed by atoms with Crippen LogP contribution < -0.4 is 16.4 Å². The number of fused-ring (bicyclic) bond motifs is 1. The number of nitrogens with zero attached hydrogens (tertiary/aromatic N) is 2. The standard InChI is InChI=1S/C26H24F3N5O2S/c27-26(28,29)18-3-6-22(31-14-18)32-19-7-9-34(10-8-19)37-20-4-1-15(2-5-20)16-11-17-13-23(35)33-24(17)21(12-16)25(30)36/h1-6,11-12,14,19H,7-10,13H2,(H2,30,36)(H,31,32)(H,33,35). The molecule has 1 fully saturated rings. The summed E-state index contributed by atoms with van der Waals surface area (Å²) in [6, 6.07) is 14.1. The Bertz CT molecular complexity index is 1320. The van der Waals surface area contributed by atoms with Crippen LogP contribution in [-0.4, -0.2) is 40.2 Å². The number of hydrogen-bond acceptors (Lipinski definition) is 6. The summed E-state index contributed by atoms with van der Waals surface area (Å²) in [5.74, 6) is -0.295. The Kier molecular flexibility index (Phi) is 6.82. The molecule has 2 aliphatic rings. The number of carbonyl (C=O) groups is 2. The van der Waals surface area contributed by atoms with Gasteiger partial charge >= 0.3 is 6.18 Å². The lowest BCUT2D eigenvalue weighted by Gasteiger charge is -2.31. The van der Waals surface area contributed by atoms with E-state index in [-0.39, 0.29) is 18.4 Å². The van der Waals surface area contributed by atoms with Crippen LogP contribution in [-0.2, 0) is 17.4 Å². The quantitative estimate of drug-likeness (QED) is 0.393. The number of hydrogen-bond donors (Lipinski definition) is 3. The molecule has 0 aliphatic carbocycles. The first-order valence-electron chi connectivity index (χ1n) is 11.8. The van der Waals surface area contributed by atoms with E-state index in [4.69, 9.17) is 5.73 Å². The first kappa shape index (κ1) is 25.1. The van der Waals surface area contributed by atoms with Gasteiger partial charge in [0.25, 0.3) is 5.91 Å². The second kappa shape index (κ2) is 10.1. The fourth-order valence-electron chi connectivity index (χ4n) is 4.51. The third kappa shape index (κ3) is 5.72. The molecule has 192 valence electrons. The average Bonchev–Trinajstić information content (AvgIpc) is 3.25. The van der Waals surface area contributed by atoms with Crippen molar-refractivity contribution in [2.45, 2.75) is 36.4 Å². The number of alkyl halides is 3. The number of nitrogens with one attached hydrogen (secondary N) is 2. The number of benzene rings is 2. The molecule has 11 heteroatoms. The Morgan fingerprint density at radius 2 is 1.81 bits per heavy atom. The molecular weight excluding hydrogens is 503 g/mol. The van der Waals surface area contributed by atoms with Crippen molar-refractivity contribution in [3.63, 3.8) is 0 Å². The summed E-state index contributed by atoms with van der Waals surface area (Å²) in [5, 5.41) is 5.94. The van der Waals surface area contributed by atoms with E-state index in [1.54, 1.807) is 18.0 Å². The maximum atomic E-state index is 12.7. The highest BCUT2D eigenvalue weighted by molar-refractivity contribution is 7.97. The smallest absolute Gasteiger partial charge is 0.367 e. The van der Waals surface area contributed by atoms with Gasteiger partial charge in [-0.25, -0.2) is 9.29 Å². The minimum atomic E-state index is -4.39. The van der Waals surface area contributed by atoms with Crippen molar-refractivity contribution < 1.29 is 22.8 Å². The molecule has 0 spiro atoms. The largest absolute Gasteiger partial charge is 0.417 e. The minimum Gasteiger partial charge on any atom is -0.367 e. The van der Waals surface area contributed by atoms with Crippen molar-refractivity contribution in [2.75, 3.05) is 23.7 Å². The molecule has 0 radical (unpaired) electrons. The number of carbonyl (C=O) groups excluding carboxylic acids is 2. The summed E-state index contributed by atoms with van der Waals surface area (Å²) in [4.78, 5) is 28.7. The maximum Gasteiger partial charge on any atom is 0.417 e. The highest BCUT2D eigenvalue weighted by atomic mass is 32.2. The molecule has 3 heterocycles. The number of aromatic nitrogens is 1. The Balaban J connectivity index is 1.17. The predicted molar refractivity (Wildman–Crippen MR) is 136 cm³/mol. The second-order valence-corrected chi connectivity index (χ2v) is 10.2. The van der Waals surface area contributed by atoms with Crippen LogP contribution in [0.15, 0.2) is 59.6 Å². The highest BCUT2D eigenvalue weighted by Gasteiger charge is 2.31. The van der Waals surface area contributed by atoms with Gasteiger partial charge in [-0.3, -0.25) is 9.59 Å². The number of halogens is 3. The first-order valence-corrected chi connectivity index (χ1v) is 12.5. The molecule has 1 saturated heterocycles. The first-order chi connectivity index (χ1) is 17.7. The van der Waals surface area contributed by atoms with E-state index >= 15 is 0 Å². The molecule has 4 N–H and O–H groups in total. The zero-order chi connectivity index (χ0) is 26.2. The number of amides is 2. The molecule has 7 nitrogen and oxygen atoms in total. The van der Waals surface area contributed by atoms with Gasteiger partial charge in [0.15, 0.2) is 0 Å². The van der Waals surface area contributed by atoms with Crippen LogP contribution in [0.3, 0.4) is 0 Å². The van der Waals surface area contributed by atoms with Crippen LogP contribution in [0, 0.1) is 0 Å². The summed E-state index contributed by atoms with van der Waals surface area (Å²) in [6.45, 7) is 1.64. The lowest BCUT2D eigenvalue weighted by molar-refractivity contribution is -0.137. The lowest BCUT2D eigenvalue weighted by Crippen LogP contribution is -2.35. The molecule has 2 amide bonds. The van der Waals surface area contributed by atoms with E-state index in [1.807, 2.05) is 30.3 Å². The predicted octanol–water partition coefficient (Wildman–Crippen LogP) is 4.94. The van der Waals surface area contributed by atoms with Crippen molar-refractivity contribution in [3.8, 4) is 11.1 Å². The van der Waals surface area contributed by atoms with Gasteiger partial charge in [0.05, 0.1) is 23.2 Å². The fourth-order valence-corrected chi connectivity index (χ4v) is 5.46. The normalized spacial score (nSPS) is 16.4. The Morgan fingerprint density at radius 1 is 1.08 bits per heavy atom. The van der Waals surface area contributed by atoms with E-state index in [0.29, 0.717) is 17.1 Å². The molecule has 0 unspecified atom stereocenters. The van der Waals surface area contributed by atoms with Crippen LogP contribution in [0.25, 0.3) is 11.1 Å². The van der Waals surface area contributed by atoms with Crippen LogP contribution in [0.1, 0.15) is 34.3 Å². The fraction of sp³-hybridized carbons (Fsp3) is 0.269. The van der Waals surface area contributed by atoms with E-state index in [9.17, 15) is 22.8 Å². The van der Waals surface area contributed by atoms with Gasteiger partial charge in [0, 0.05) is 30.2 Å². The zero-order valence-electron chi connectivity index (χ0n) is 19.6. The SMILES string of the molecule is NC(=O)c1cc(-c2ccc(SN3CCC(Nc4ccc(C(F)(F)F)cn4)CC3)cc2)cc2c1NC(=O)C2. The summed E-state index contributed by atoms with van der Waals surface area (Å²) in [5.41, 5.74) is 8.08. The molecule has 3 aromatic rings. The molecule has 0 atom stereocenters. The molecule has 5 rings (SSSR count). The number of anilines is 2. The molecule has 37 heavy (non-hydrogen) atoms. The minimum absolute atomic E-state index is 0.143. The van der Waals surface area contributed by atoms with Crippen LogP contribution in [0.5, 0.6) is 0 Å². The van der Waals surface area contributed by atoms with Gasteiger partial charge in [-0.1, -0.05) is 12.1 Å². The molecular formula is C26H24F3N5O2S. The molecule has 2 aromatic carbocycles. The van der Waals surface area contributed by atoms with Crippen molar-refractivity contribution in [1.82, 2.24) is 9.29 Å². The van der Waals surface area contributed by atoms with Gasteiger partial charge in [0.2, 0.25) is 5.91 Å². The molecule has 0 bridgehead atoms. The topological polar surface area (TPSA) is 100 Å². The van der Waals surface area contributed by atoms with E-state index < -0.39 is 17.6 Å². The number of rotatable bonds is 6.